The smallest absolute Gasteiger partial charge is 0.331 e. The molecule has 0 bridgehead atoms. The fraction of sp³-hybridized carbons (Fsp3) is 0.714. The maximum Gasteiger partial charge on any atom is 0.331 e. The lowest BCUT2D eigenvalue weighted by Gasteiger charge is -2.10. The van der Waals surface area contributed by atoms with Crippen molar-refractivity contribution in [1.82, 2.24) is 0 Å². The highest BCUT2D eigenvalue weighted by Gasteiger charge is 2.20. The fourth-order valence-electron chi connectivity index (χ4n) is 0.487. The first-order chi connectivity index (χ1) is 6.56. The number of hydrogen-bond donors (Lipinski definition) is 3. The predicted molar refractivity (Wildman–Crippen MR) is 51.2 cm³/mol. The van der Waals surface area contributed by atoms with E-state index in [1.807, 2.05) is 5.73 Å². The van der Waals surface area contributed by atoms with E-state index in [2.05, 4.69) is 17.4 Å². The summed E-state index contributed by atoms with van der Waals surface area (Å²) in [6.07, 6.45) is 0.395. The number of rotatable bonds is 5. The van der Waals surface area contributed by atoms with E-state index in [1.54, 1.807) is 6.92 Å². The Morgan fingerprint density at radius 3 is 2.46 bits per heavy atom. The van der Waals surface area contributed by atoms with Crippen LogP contribution in [0.1, 0.15) is 13.3 Å². The van der Waals surface area contributed by atoms with Crippen LogP contribution in [0, 0.1) is 0 Å². The number of thiol groups is 1. The van der Waals surface area contributed by atoms with E-state index in [4.69, 9.17) is 7.15 Å². The summed E-state index contributed by atoms with van der Waals surface area (Å²) in [7, 11) is 0. The maximum absolute atomic E-state index is 11.1. The third-order valence-electron chi connectivity index (χ3n) is 1.41. The van der Waals surface area contributed by atoms with Crippen LogP contribution < -0.4 is 11.5 Å². The van der Waals surface area contributed by atoms with Crippen LogP contribution in [0.15, 0.2) is 0 Å². The van der Waals surface area contributed by atoms with Crippen molar-refractivity contribution in [3.8, 4) is 0 Å². The Hall–Kier alpha value is -0.590. The van der Waals surface area contributed by atoms with Gasteiger partial charge in [-0.25, -0.2) is 9.59 Å². The molecule has 0 heterocycles. The van der Waals surface area contributed by atoms with Gasteiger partial charge in [0.15, 0.2) is 0 Å². The molecule has 0 aromatic carbocycles. The van der Waals surface area contributed by atoms with Crippen LogP contribution in [0.2, 0.25) is 1.41 Å². The molecule has 0 radical (unpaired) electrons. The number of esters is 2. The third kappa shape index (κ3) is 4.25. The summed E-state index contributed by atoms with van der Waals surface area (Å²) in [5.41, 5.74) is 7.25. The zero-order chi connectivity index (χ0) is 11.1. The molecule has 6 heteroatoms. The quantitative estimate of drug-likeness (QED) is 0.307. The average molecular weight is 207 g/mol. The first-order valence-electron chi connectivity index (χ1n) is 4.36. The number of nitrogens with two attached hydrogens (primary N) is 2. The van der Waals surface area contributed by atoms with E-state index in [1.165, 1.54) is 0 Å². The van der Waals surface area contributed by atoms with Crippen molar-refractivity contribution in [3.63, 3.8) is 0 Å². The highest BCUT2D eigenvalue weighted by atomic mass is 32.1. The van der Waals surface area contributed by atoms with Gasteiger partial charge in [0, 0.05) is 5.75 Å². The number of carbonyl (C=O) groups excluding carboxylic acids is 2. The maximum atomic E-state index is 11.1. The van der Waals surface area contributed by atoms with Crippen LogP contribution in [0.5, 0.6) is 0 Å². The molecule has 76 valence electrons. The van der Waals surface area contributed by atoms with Crippen LogP contribution in [0.25, 0.3) is 0 Å². The highest BCUT2D eigenvalue weighted by Crippen LogP contribution is 1.94. The van der Waals surface area contributed by atoms with Crippen molar-refractivity contribution in [2.45, 2.75) is 25.4 Å². The SMILES string of the molecule is [2H]N[C@@H](CS)C(=O)OC(=O)C(N)CC. The van der Waals surface area contributed by atoms with Gasteiger partial charge in [-0.1, -0.05) is 6.92 Å². The van der Waals surface area contributed by atoms with Gasteiger partial charge in [0.05, 0.1) is 0 Å². The van der Waals surface area contributed by atoms with Gasteiger partial charge in [0.1, 0.15) is 13.5 Å². The molecule has 0 saturated carbocycles. The highest BCUT2D eigenvalue weighted by molar-refractivity contribution is 7.80. The van der Waals surface area contributed by atoms with E-state index in [0.29, 0.717) is 6.42 Å². The molecule has 0 aromatic rings. The van der Waals surface area contributed by atoms with Crippen molar-refractivity contribution in [1.29, 1.82) is 0 Å². The normalized spacial score (nSPS) is 15.8. The second-order valence-electron chi connectivity index (χ2n) is 2.49. The second kappa shape index (κ2) is 5.95. The molecule has 2 atom stereocenters. The minimum absolute atomic E-state index is 0.0803. The molecule has 13 heavy (non-hydrogen) atoms. The summed E-state index contributed by atoms with van der Waals surface area (Å²) in [4.78, 5) is 22.1. The number of ether oxygens (including phenoxy) is 1. The van der Waals surface area contributed by atoms with Gasteiger partial charge in [0.2, 0.25) is 0 Å². The topological polar surface area (TPSA) is 95.4 Å². The minimum Gasteiger partial charge on any atom is -0.391 e. The molecule has 0 saturated heterocycles. The standard InChI is InChI=1S/C7H14N2O3S/c1-2-4(8)6(10)12-7(11)5(9)3-13/h4-5,13H,2-3,8-9H2,1H3/t4?,5-/m0/s1/i/hD. The van der Waals surface area contributed by atoms with Gasteiger partial charge in [-0.05, 0) is 6.42 Å². The summed E-state index contributed by atoms with van der Waals surface area (Å²) in [6, 6.07) is -1.71. The lowest BCUT2D eigenvalue weighted by molar-refractivity contribution is -0.161. The zero-order valence-electron chi connectivity index (χ0n) is 8.32. The van der Waals surface area contributed by atoms with Gasteiger partial charge in [0.25, 0.3) is 0 Å². The molecule has 0 fully saturated rings. The molecule has 0 aliphatic rings. The molecule has 0 aliphatic carbocycles. The second-order valence-corrected chi connectivity index (χ2v) is 2.86. The molecular formula is C7H14N2O3S. The van der Waals surface area contributed by atoms with E-state index in [-0.39, 0.29) is 5.75 Å². The van der Waals surface area contributed by atoms with Crippen molar-refractivity contribution >= 4 is 24.6 Å². The minimum atomic E-state index is -0.911. The number of hydrogen-bond acceptors (Lipinski definition) is 6. The molecule has 0 aromatic heterocycles. The van der Waals surface area contributed by atoms with E-state index >= 15 is 0 Å². The van der Waals surface area contributed by atoms with Crippen LogP contribution in [-0.4, -0.2) is 29.8 Å². The average Bonchev–Trinajstić information content (AvgIpc) is 2.18. The fourth-order valence-corrected chi connectivity index (χ4v) is 0.636. The predicted octanol–water partition coefficient (Wildman–Crippen LogP) is -0.949. The third-order valence-corrected chi connectivity index (χ3v) is 1.78. The van der Waals surface area contributed by atoms with Crippen molar-refractivity contribution in [3.05, 3.63) is 0 Å². The van der Waals surface area contributed by atoms with Crippen molar-refractivity contribution in [2.24, 2.45) is 11.5 Å². The monoisotopic (exact) mass is 207 g/mol. The lowest BCUT2D eigenvalue weighted by Crippen LogP contribution is -2.40. The lowest BCUT2D eigenvalue weighted by atomic mass is 10.2. The summed E-state index contributed by atoms with van der Waals surface area (Å²) < 4.78 is 11.2. The summed E-state index contributed by atoms with van der Waals surface area (Å²) >= 11 is 3.81. The van der Waals surface area contributed by atoms with E-state index in [0.717, 1.165) is 0 Å². The molecular weight excluding hydrogens is 192 g/mol. The van der Waals surface area contributed by atoms with Gasteiger partial charge < -0.3 is 16.2 Å². The Balaban J connectivity index is 4.11. The molecule has 5 nitrogen and oxygen atoms in total. The molecule has 0 spiro atoms. The van der Waals surface area contributed by atoms with E-state index in [9.17, 15) is 9.59 Å². The molecule has 0 aliphatic heterocycles. The van der Waals surface area contributed by atoms with Gasteiger partial charge in [-0.15, -0.1) is 0 Å². The van der Waals surface area contributed by atoms with Gasteiger partial charge in [-0.3, -0.25) is 0 Å². The summed E-state index contributed by atoms with van der Waals surface area (Å²) in [6.45, 7) is 1.70. The summed E-state index contributed by atoms with van der Waals surface area (Å²) in [5, 5.41) is 0. The molecule has 1 unspecified atom stereocenters. The molecule has 0 rings (SSSR count). The van der Waals surface area contributed by atoms with Crippen molar-refractivity contribution < 1.29 is 15.7 Å². The molecule has 4 N–H and O–H groups in total. The summed E-state index contributed by atoms with van der Waals surface area (Å²) in [5.74, 6) is -1.53. The van der Waals surface area contributed by atoms with Crippen LogP contribution in [0.4, 0.5) is 0 Å². The van der Waals surface area contributed by atoms with Gasteiger partial charge >= 0.3 is 11.9 Å². The van der Waals surface area contributed by atoms with Crippen LogP contribution in [-0.2, 0) is 14.3 Å². The first-order valence-corrected chi connectivity index (χ1v) is 4.49. The van der Waals surface area contributed by atoms with Crippen molar-refractivity contribution in [2.75, 3.05) is 5.75 Å². The Kier molecular flexibility index (Phi) is 4.81. The largest absolute Gasteiger partial charge is 0.391 e. The van der Waals surface area contributed by atoms with Crippen LogP contribution >= 0.6 is 12.6 Å². The van der Waals surface area contributed by atoms with Gasteiger partial charge in [-0.2, -0.15) is 12.6 Å². The molecule has 0 amide bonds. The Morgan fingerprint density at radius 2 is 2.08 bits per heavy atom. The Morgan fingerprint density at radius 1 is 1.54 bits per heavy atom. The zero-order valence-corrected chi connectivity index (χ0v) is 8.21. The van der Waals surface area contributed by atoms with E-state index < -0.39 is 24.0 Å². The number of carbonyl (C=O) groups is 2. The Labute approximate surface area is 83.7 Å². The Bertz CT molecular complexity index is 211. The van der Waals surface area contributed by atoms with Crippen LogP contribution in [0.3, 0.4) is 0 Å². The first kappa shape index (κ1) is 10.5.